The monoisotopic (exact) mass is 456 g/mol. The maximum absolute atomic E-state index is 10.7. The molecule has 186 valence electrons. The van der Waals surface area contributed by atoms with Crippen LogP contribution in [0.2, 0.25) is 0 Å². The maximum Gasteiger partial charge on any atom is 0.0811 e. The van der Waals surface area contributed by atoms with Crippen molar-refractivity contribution < 1.29 is 15.3 Å². The van der Waals surface area contributed by atoms with E-state index in [1.54, 1.807) is 0 Å². The smallest absolute Gasteiger partial charge is 0.0811 e. The molecule has 7 atom stereocenters. The van der Waals surface area contributed by atoms with Crippen LogP contribution in [0.15, 0.2) is 47.6 Å². The Morgan fingerprint density at radius 3 is 2.52 bits per heavy atom. The summed E-state index contributed by atoms with van der Waals surface area (Å²) in [7, 11) is 0. The third-order valence-corrected chi connectivity index (χ3v) is 9.84. The molecule has 3 saturated carbocycles. The molecule has 0 aromatic rings. The van der Waals surface area contributed by atoms with E-state index in [0.717, 1.165) is 24.0 Å². The van der Waals surface area contributed by atoms with Crippen LogP contribution in [0.1, 0.15) is 92.9 Å². The van der Waals surface area contributed by atoms with Crippen molar-refractivity contribution in [2.75, 3.05) is 0 Å². The summed E-state index contributed by atoms with van der Waals surface area (Å²) in [5.74, 6) is 1.73. The Kier molecular flexibility index (Phi) is 7.88. The number of aliphatic hydroxyl groups is 3. The summed E-state index contributed by atoms with van der Waals surface area (Å²) in [6.45, 7) is 17.1. The van der Waals surface area contributed by atoms with Gasteiger partial charge in [-0.25, -0.2) is 0 Å². The van der Waals surface area contributed by atoms with Gasteiger partial charge >= 0.3 is 0 Å². The van der Waals surface area contributed by atoms with Crippen molar-refractivity contribution in [3.05, 3.63) is 47.6 Å². The molecule has 3 nitrogen and oxygen atoms in total. The van der Waals surface area contributed by atoms with Crippen LogP contribution in [0, 0.1) is 28.6 Å². The van der Waals surface area contributed by atoms with E-state index in [1.165, 1.54) is 31.3 Å². The molecule has 0 aromatic heterocycles. The second-order valence-corrected chi connectivity index (χ2v) is 12.2. The van der Waals surface area contributed by atoms with Gasteiger partial charge in [-0.3, -0.25) is 0 Å². The quantitative estimate of drug-likeness (QED) is 0.399. The van der Waals surface area contributed by atoms with Crippen LogP contribution in [0.4, 0.5) is 0 Å². The van der Waals surface area contributed by atoms with Crippen molar-refractivity contribution in [2.45, 2.75) is 111 Å². The summed E-state index contributed by atoms with van der Waals surface area (Å²) in [5, 5.41) is 31.0. The maximum atomic E-state index is 10.7. The first kappa shape index (κ1) is 26.4. The first-order valence-corrected chi connectivity index (χ1v) is 13.2. The lowest BCUT2D eigenvalue weighted by Crippen LogP contribution is -2.39. The van der Waals surface area contributed by atoms with Gasteiger partial charge in [0, 0.05) is 11.8 Å². The molecule has 0 radical (unpaired) electrons. The fourth-order valence-electron chi connectivity index (χ4n) is 6.86. The van der Waals surface area contributed by atoms with E-state index in [0.29, 0.717) is 36.0 Å². The highest BCUT2D eigenvalue weighted by Crippen LogP contribution is 2.59. The van der Waals surface area contributed by atoms with Crippen LogP contribution in [-0.4, -0.2) is 33.1 Å². The minimum Gasteiger partial charge on any atom is -0.393 e. The number of allylic oxidation sites excluding steroid dienone is 4. The fourth-order valence-corrected chi connectivity index (χ4v) is 6.86. The van der Waals surface area contributed by atoms with Crippen LogP contribution < -0.4 is 0 Å². The average molecular weight is 457 g/mol. The normalized spacial score (nSPS) is 38.6. The van der Waals surface area contributed by atoms with E-state index >= 15 is 0 Å². The van der Waals surface area contributed by atoms with Gasteiger partial charge in [0.1, 0.15) is 0 Å². The number of hydrogen-bond acceptors (Lipinski definition) is 3. The van der Waals surface area contributed by atoms with E-state index in [9.17, 15) is 15.3 Å². The van der Waals surface area contributed by atoms with Crippen molar-refractivity contribution in [3.63, 3.8) is 0 Å². The van der Waals surface area contributed by atoms with Crippen molar-refractivity contribution in [2.24, 2.45) is 28.6 Å². The SMILES string of the molecule is C=C1/C(=C\C=C2/CCC[C@]3(C)[C@@H]([C@H](C)/C=C/[C@](C)(CC)C(C)(C)O)CC[C@@H]23)C[C@@H](O)C[C@@H]1O. The van der Waals surface area contributed by atoms with Crippen molar-refractivity contribution in [1.82, 2.24) is 0 Å². The highest BCUT2D eigenvalue weighted by Gasteiger charge is 2.50. The zero-order valence-corrected chi connectivity index (χ0v) is 21.9. The fraction of sp³-hybridized carbons (Fsp3) is 0.733. The third kappa shape index (κ3) is 5.26. The second kappa shape index (κ2) is 9.84. The Labute approximate surface area is 202 Å². The Bertz CT molecular complexity index is 813. The lowest BCUT2D eigenvalue weighted by molar-refractivity contribution is -0.0197. The predicted molar refractivity (Wildman–Crippen MR) is 138 cm³/mol. The van der Waals surface area contributed by atoms with Gasteiger partial charge in [-0.15, -0.1) is 0 Å². The molecule has 33 heavy (non-hydrogen) atoms. The molecule has 3 N–H and O–H groups in total. The van der Waals surface area contributed by atoms with Gasteiger partial charge in [0.05, 0.1) is 17.8 Å². The molecule has 0 aliphatic heterocycles. The third-order valence-electron chi connectivity index (χ3n) is 9.84. The van der Waals surface area contributed by atoms with Crippen LogP contribution in [0.5, 0.6) is 0 Å². The largest absolute Gasteiger partial charge is 0.393 e. The van der Waals surface area contributed by atoms with Gasteiger partial charge in [-0.1, -0.05) is 64.2 Å². The average Bonchev–Trinajstić information content (AvgIpc) is 3.10. The molecule has 0 aromatic carbocycles. The minimum atomic E-state index is -0.737. The molecule has 3 heteroatoms. The molecule has 3 aliphatic carbocycles. The van der Waals surface area contributed by atoms with Crippen LogP contribution in [0.3, 0.4) is 0 Å². The Hall–Kier alpha value is -1.16. The summed E-state index contributed by atoms with van der Waals surface area (Å²) in [5.41, 5.74) is 2.64. The molecule has 3 rings (SSSR count). The summed E-state index contributed by atoms with van der Waals surface area (Å²) in [6.07, 6.45) is 16.0. The van der Waals surface area contributed by atoms with Gasteiger partial charge in [-0.05, 0) is 93.1 Å². The summed E-state index contributed by atoms with van der Waals surface area (Å²) < 4.78 is 0. The van der Waals surface area contributed by atoms with Gasteiger partial charge < -0.3 is 15.3 Å². The van der Waals surface area contributed by atoms with Crippen molar-refractivity contribution in [3.8, 4) is 0 Å². The highest BCUT2D eigenvalue weighted by atomic mass is 16.3. The Balaban J connectivity index is 1.79. The molecular weight excluding hydrogens is 408 g/mol. The van der Waals surface area contributed by atoms with Crippen molar-refractivity contribution in [1.29, 1.82) is 0 Å². The number of rotatable bonds is 6. The summed E-state index contributed by atoms with van der Waals surface area (Å²) in [6, 6.07) is 0. The first-order chi connectivity index (χ1) is 15.3. The molecule has 0 spiro atoms. The Morgan fingerprint density at radius 1 is 1.18 bits per heavy atom. The molecule has 3 aliphatic rings. The van der Waals surface area contributed by atoms with Gasteiger partial charge in [0.2, 0.25) is 0 Å². The molecule has 0 unspecified atom stereocenters. The minimum absolute atomic E-state index is 0.221. The van der Waals surface area contributed by atoms with Crippen LogP contribution in [-0.2, 0) is 0 Å². The summed E-state index contributed by atoms with van der Waals surface area (Å²) >= 11 is 0. The summed E-state index contributed by atoms with van der Waals surface area (Å²) in [4.78, 5) is 0. The van der Waals surface area contributed by atoms with E-state index < -0.39 is 17.8 Å². The number of aliphatic hydroxyl groups excluding tert-OH is 2. The molecule has 0 heterocycles. The lowest BCUT2D eigenvalue weighted by Gasteiger charge is -2.44. The van der Waals surface area contributed by atoms with Gasteiger partial charge in [-0.2, -0.15) is 0 Å². The van der Waals surface area contributed by atoms with Crippen LogP contribution in [0.25, 0.3) is 0 Å². The van der Waals surface area contributed by atoms with E-state index in [-0.39, 0.29) is 5.41 Å². The van der Waals surface area contributed by atoms with E-state index in [4.69, 9.17) is 0 Å². The van der Waals surface area contributed by atoms with Gasteiger partial charge in [0.25, 0.3) is 0 Å². The molecule has 0 saturated heterocycles. The predicted octanol–water partition coefficient (Wildman–Crippen LogP) is 6.51. The molecule has 0 amide bonds. The first-order valence-electron chi connectivity index (χ1n) is 13.2. The van der Waals surface area contributed by atoms with Crippen molar-refractivity contribution >= 4 is 0 Å². The van der Waals surface area contributed by atoms with E-state index in [2.05, 4.69) is 58.6 Å². The van der Waals surface area contributed by atoms with Crippen LogP contribution >= 0.6 is 0 Å². The van der Waals surface area contributed by atoms with E-state index in [1.807, 2.05) is 13.8 Å². The number of fused-ring (bicyclic) bond motifs is 1. The number of hydrogen-bond donors (Lipinski definition) is 3. The topological polar surface area (TPSA) is 60.7 Å². The second-order valence-electron chi connectivity index (χ2n) is 12.2. The molecule has 0 bridgehead atoms. The zero-order chi connectivity index (χ0) is 24.6. The molecular formula is C30H48O3. The highest BCUT2D eigenvalue weighted by molar-refractivity contribution is 5.38. The van der Waals surface area contributed by atoms with Gasteiger partial charge in [0.15, 0.2) is 0 Å². The lowest BCUT2D eigenvalue weighted by atomic mass is 9.61. The Morgan fingerprint density at radius 2 is 1.88 bits per heavy atom. The molecule has 3 fully saturated rings. The standard InChI is InChI=1S/C30H48O3/c1-8-29(6,28(4,5)33)17-15-20(2)25-13-14-26-22(10-9-16-30(25,26)7)11-12-23-18-24(31)19-27(32)21(23)3/h11-12,15,17,20,24-27,31-33H,3,8-10,13-14,16,18-19H2,1-2,4-7H3/b17-15+,22-11+,23-12-/t20-,24-,25-,26+,27+,29+,30-/m1/s1. The zero-order valence-electron chi connectivity index (χ0n) is 21.9.